The highest BCUT2D eigenvalue weighted by Crippen LogP contribution is 2.32. The molecule has 7 nitrogen and oxygen atoms in total. The topological polar surface area (TPSA) is 85.7 Å². The summed E-state index contributed by atoms with van der Waals surface area (Å²) in [6, 6.07) is 13.7. The number of fused-ring (bicyclic) bond motifs is 1. The van der Waals surface area contributed by atoms with E-state index in [9.17, 15) is 18.0 Å². The quantitative estimate of drug-likeness (QED) is 0.550. The van der Waals surface area contributed by atoms with Crippen LogP contribution in [0.3, 0.4) is 0 Å². The van der Waals surface area contributed by atoms with Crippen molar-refractivity contribution >= 4 is 32.3 Å². The Morgan fingerprint density at radius 2 is 1.59 bits per heavy atom. The van der Waals surface area contributed by atoms with Crippen LogP contribution in [0.2, 0.25) is 0 Å². The van der Waals surface area contributed by atoms with Crippen molar-refractivity contribution in [3.05, 3.63) is 70.1 Å². The molecule has 0 bridgehead atoms. The van der Waals surface area contributed by atoms with Crippen LogP contribution in [0.1, 0.15) is 35.3 Å². The lowest BCUT2D eigenvalue weighted by Crippen LogP contribution is -2.36. The molecular weight excluding hydrogens is 428 g/mol. The van der Waals surface area contributed by atoms with E-state index in [1.54, 1.807) is 18.2 Å². The summed E-state index contributed by atoms with van der Waals surface area (Å²) in [7, 11) is -2.01. The number of sulfone groups is 1. The van der Waals surface area contributed by atoms with Crippen LogP contribution in [0.25, 0.3) is 10.8 Å². The molecule has 1 fully saturated rings. The number of rotatable bonds is 5. The van der Waals surface area contributed by atoms with E-state index in [-0.39, 0.29) is 22.7 Å². The number of anilines is 1. The minimum atomic E-state index is -3.33. The second kappa shape index (κ2) is 8.78. The Morgan fingerprint density at radius 1 is 0.969 bits per heavy atom. The highest BCUT2D eigenvalue weighted by Gasteiger charge is 2.27. The lowest BCUT2D eigenvalue weighted by molar-refractivity contribution is 0.0588. The van der Waals surface area contributed by atoms with Gasteiger partial charge in [0.05, 0.1) is 24.2 Å². The molecule has 2 aromatic carbocycles. The molecule has 3 aromatic rings. The Morgan fingerprint density at radius 3 is 2.19 bits per heavy atom. The maximum absolute atomic E-state index is 13.5. The average Bonchev–Trinajstić information content (AvgIpc) is 2.80. The number of piperidine rings is 1. The number of nitrogens with zero attached hydrogens (tertiary/aromatic N) is 2. The highest BCUT2D eigenvalue weighted by atomic mass is 32.2. The van der Waals surface area contributed by atoms with Gasteiger partial charge in [0.15, 0.2) is 15.5 Å². The summed E-state index contributed by atoms with van der Waals surface area (Å²) < 4.78 is 30.1. The van der Waals surface area contributed by atoms with Crippen LogP contribution >= 0.6 is 0 Å². The van der Waals surface area contributed by atoms with E-state index < -0.39 is 15.8 Å². The average molecular weight is 455 g/mol. The molecule has 1 aliphatic heterocycles. The minimum absolute atomic E-state index is 0.124. The molecule has 32 heavy (non-hydrogen) atoms. The Balaban J connectivity index is 1.94. The molecule has 0 spiro atoms. The standard InChI is InChI=1S/C24H26N2O5S/c1-31-24(28)22-21(25-14-6-3-7-15-25)19-8-4-5-9-20(19)23(27)26(22)16-17-10-12-18(13-11-17)32(2,29)30/h4-5,8-13H,3,6-7,14-16H2,1-2H3. The number of hydrogen-bond acceptors (Lipinski definition) is 6. The van der Waals surface area contributed by atoms with E-state index in [1.165, 1.54) is 23.8 Å². The van der Waals surface area contributed by atoms with Crippen LogP contribution in [0.4, 0.5) is 5.69 Å². The molecule has 1 aliphatic rings. The first kappa shape index (κ1) is 22.1. The number of esters is 1. The Labute approximate surface area is 187 Å². The lowest BCUT2D eigenvalue weighted by Gasteiger charge is -2.32. The summed E-state index contributed by atoms with van der Waals surface area (Å²) in [5.41, 5.74) is 1.38. The lowest BCUT2D eigenvalue weighted by atomic mass is 10.0. The summed E-state index contributed by atoms with van der Waals surface area (Å²) in [5, 5.41) is 1.27. The molecule has 0 radical (unpaired) electrons. The van der Waals surface area contributed by atoms with Crippen molar-refractivity contribution in [3.8, 4) is 0 Å². The monoisotopic (exact) mass is 454 g/mol. The first-order valence-electron chi connectivity index (χ1n) is 10.6. The first-order chi connectivity index (χ1) is 15.3. The third kappa shape index (κ3) is 4.14. The number of aromatic nitrogens is 1. The van der Waals surface area contributed by atoms with Crippen molar-refractivity contribution in [3.63, 3.8) is 0 Å². The summed E-state index contributed by atoms with van der Waals surface area (Å²) in [6.45, 7) is 1.73. The van der Waals surface area contributed by atoms with Gasteiger partial charge < -0.3 is 9.64 Å². The predicted molar refractivity (Wildman–Crippen MR) is 124 cm³/mol. The van der Waals surface area contributed by atoms with E-state index in [0.717, 1.165) is 49.7 Å². The van der Waals surface area contributed by atoms with Gasteiger partial charge in [0.1, 0.15) is 0 Å². The zero-order chi connectivity index (χ0) is 22.9. The molecule has 0 amide bonds. The van der Waals surface area contributed by atoms with E-state index in [4.69, 9.17) is 4.74 Å². The van der Waals surface area contributed by atoms with Crippen LogP contribution in [0.15, 0.2) is 58.2 Å². The molecule has 1 aromatic heterocycles. The van der Waals surface area contributed by atoms with Crippen LogP contribution in [0, 0.1) is 0 Å². The molecule has 2 heterocycles. The van der Waals surface area contributed by atoms with E-state index >= 15 is 0 Å². The molecule has 4 rings (SSSR count). The van der Waals surface area contributed by atoms with Crippen LogP contribution in [0.5, 0.6) is 0 Å². The van der Waals surface area contributed by atoms with Crippen molar-refractivity contribution < 1.29 is 17.9 Å². The number of methoxy groups -OCH3 is 1. The zero-order valence-corrected chi connectivity index (χ0v) is 19.0. The van der Waals surface area contributed by atoms with Crippen molar-refractivity contribution in [1.29, 1.82) is 0 Å². The van der Waals surface area contributed by atoms with Gasteiger partial charge in [-0.05, 0) is 43.0 Å². The van der Waals surface area contributed by atoms with E-state index in [1.807, 2.05) is 18.2 Å². The number of carbonyl (C=O) groups is 1. The molecule has 0 aliphatic carbocycles. The van der Waals surface area contributed by atoms with Gasteiger partial charge in [-0.3, -0.25) is 9.36 Å². The summed E-state index contributed by atoms with van der Waals surface area (Å²) in [6.07, 6.45) is 4.31. The maximum Gasteiger partial charge on any atom is 0.356 e. The third-order valence-corrected chi connectivity index (χ3v) is 7.02. The van der Waals surface area contributed by atoms with Gasteiger partial charge in [0.2, 0.25) is 0 Å². The van der Waals surface area contributed by atoms with Crippen LogP contribution in [-0.4, -0.2) is 45.4 Å². The number of ether oxygens (including phenoxy) is 1. The second-order valence-electron chi connectivity index (χ2n) is 8.09. The number of benzene rings is 2. The Bertz CT molecular complexity index is 1320. The fraction of sp³-hybridized carbons (Fsp3) is 0.333. The molecule has 0 unspecified atom stereocenters. The molecule has 168 valence electrons. The summed E-state index contributed by atoms with van der Waals surface area (Å²) >= 11 is 0. The largest absolute Gasteiger partial charge is 0.464 e. The Kier molecular flexibility index (Phi) is 6.06. The van der Waals surface area contributed by atoms with Gasteiger partial charge in [-0.2, -0.15) is 0 Å². The molecule has 0 saturated carbocycles. The van der Waals surface area contributed by atoms with Crippen molar-refractivity contribution in [2.45, 2.75) is 30.7 Å². The highest BCUT2D eigenvalue weighted by molar-refractivity contribution is 7.90. The zero-order valence-electron chi connectivity index (χ0n) is 18.2. The molecule has 1 saturated heterocycles. The third-order valence-electron chi connectivity index (χ3n) is 5.90. The van der Waals surface area contributed by atoms with Crippen molar-refractivity contribution in [1.82, 2.24) is 4.57 Å². The van der Waals surface area contributed by atoms with Gasteiger partial charge in [0.25, 0.3) is 5.56 Å². The fourth-order valence-corrected chi connectivity index (χ4v) is 4.93. The predicted octanol–water partition coefficient (Wildman–Crippen LogP) is 3.23. The van der Waals surface area contributed by atoms with Crippen LogP contribution in [-0.2, 0) is 21.1 Å². The number of pyridine rings is 1. The molecule has 8 heteroatoms. The molecule has 0 atom stereocenters. The first-order valence-corrected chi connectivity index (χ1v) is 12.5. The summed E-state index contributed by atoms with van der Waals surface area (Å²) in [5.74, 6) is -0.568. The minimum Gasteiger partial charge on any atom is -0.464 e. The summed E-state index contributed by atoms with van der Waals surface area (Å²) in [4.78, 5) is 28.8. The second-order valence-corrected chi connectivity index (χ2v) is 10.1. The van der Waals surface area contributed by atoms with Crippen molar-refractivity contribution in [2.24, 2.45) is 0 Å². The van der Waals surface area contributed by atoms with E-state index in [0.29, 0.717) is 10.9 Å². The van der Waals surface area contributed by atoms with Gasteiger partial charge in [-0.25, -0.2) is 13.2 Å². The number of carbonyl (C=O) groups excluding carboxylic acids is 1. The maximum atomic E-state index is 13.5. The van der Waals surface area contributed by atoms with Gasteiger partial charge in [-0.15, -0.1) is 0 Å². The smallest absolute Gasteiger partial charge is 0.356 e. The van der Waals surface area contributed by atoms with Gasteiger partial charge in [0, 0.05) is 30.1 Å². The van der Waals surface area contributed by atoms with E-state index in [2.05, 4.69) is 4.90 Å². The fourth-order valence-electron chi connectivity index (χ4n) is 4.30. The number of hydrogen-bond donors (Lipinski definition) is 0. The van der Waals surface area contributed by atoms with Gasteiger partial charge in [-0.1, -0.05) is 30.3 Å². The van der Waals surface area contributed by atoms with Crippen molar-refractivity contribution in [2.75, 3.05) is 31.4 Å². The normalized spacial score (nSPS) is 14.5. The Hall–Kier alpha value is -3.13. The van der Waals surface area contributed by atoms with Crippen LogP contribution < -0.4 is 10.5 Å². The van der Waals surface area contributed by atoms with Gasteiger partial charge >= 0.3 is 5.97 Å². The molecular formula is C24H26N2O5S. The SMILES string of the molecule is COC(=O)c1c(N2CCCCC2)c2ccccc2c(=O)n1Cc1ccc(S(C)(=O)=O)cc1. The molecule has 0 N–H and O–H groups in total.